The van der Waals surface area contributed by atoms with Crippen LogP contribution in [0.2, 0.25) is 0 Å². The number of nitrogen functional groups attached to an aromatic ring is 1. The van der Waals surface area contributed by atoms with Crippen molar-refractivity contribution in [3.8, 4) is 5.75 Å². The van der Waals surface area contributed by atoms with Gasteiger partial charge in [-0.05, 0) is 18.2 Å². The zero-order valence-electron chi connectivity index (χ0n) is 8.55. The van der Waals surface area contributed by atoms with E-state index in [0.29, 0.717) is 5.33 Å². The number of hydrogen-bond acceptors (Lipinski definition) is 3. The van der Waals surface area contributed by atoms with Gasteiger partial charge in [0, 0.05) is 17.3 Å². The van der Waals surface area contributed by atoms with Gasteiger partial charge in [-0.15, -0.1) is 13.2 Å². The topological polar surface area (TPSA) is 52.3 Å². The molecule has 0 saturated heterocycles. The minimum Gasteiger partial charge on any atom is -0.404 e. The second-order valence-corrected chi connectivity index (χ2v) is 3.96. The number of anilines is 1. The predicted molar refractivity (Wildman–Crippen MR) is 60.3 cm³/mol. The first-order chi connectivity index (χ1) is 7.83. The molecule has 0 spiro atoms. The Balaban J connectivity index is 2.98. The summed E-state index contributed by atoms with van der Waals surface area (Å²) in [4.78, 5) is 11.5. The van der Waals surface area contributed by atoms with Gasteiger partial charge in [0.05, 0.1) is 5.69 Å². The number of alkyl halides is 4. The van der Waals surface area contributed by atoms with Gasteiger partial charge < -0.3 is 10.5 Å². The summed E-state index contributed by atoms with van der Waals surface area (Å²) in [5.74, 6) is -0.841. The highest BCUT2D eigenvalue weighted by molar-refractivity contribution is 9.09. The molecule has 0 aliphatic carbocycles. The van der Waals surface area contributed by atoms with Crippen molar-refractivity contribution < 1.29 is 22.7 Å². The monoisotopic (exact) mass is 311 g/mol. The van der Waals surface area contributed by atoms with Crippen LogP contribution in [-0.2, 0) is 0 Å². The Morgan fingerprint density at radius 2 is 2.06 bits per heavy atom. The van der Waals surface area contributed by atoms with Crippen LogP contribution in [0.5, 0.6) is 5.75 Å². The maximum Gasteiger partial charge on any atom is 0.573 e. The van der Waals surface area contributed by atoms with Crippen LogP contribution in [0, 0.1) is 0 Å². The fourth-order valence-electron chi connectivity index (χ4n) is 1.15. The fraction of sp³-hybridized carbons (Fsp3) is 0.300. The van der Waals surface area contributed by atoms with Crippen molar-refractivity contribution in [3.05, 3.63) is 23.8 Å². The van der Waals surface area contributed by atoms with Crippen molar-refractivity contribution in [3.63, 3.8) is 0 Å². The summed E-state index contributed by atoms with van der Waals surface area (Å²) in [6, 6.07) is 3.57. The third-order valence-corrected chi connectivity index (χ3v) is 2.28. The van der Waals surface area contributed by atoms with Crippen LogP contribution in [0.3, 0.4) is 0 Å². The van der Waals surface area contributed by atoms with Gasteiger partial charge in [0.2, 0.25) is 0 Å². The molecule has 3 nitrogen and oxygen atoms in total. The molecule has 0 aliphatic heterocycles. The molecule has 2 N–H and O–H groups in total. The lowest BCUT2D eigenvalue weighted by Gasteiger charge is -2.12. The Labute approximate surface area is 104 Å². The summed E-state index contributed by atoms with van der Waals surface area (Å²) in [7, 11) is 0. The van der Waals surface area contributed by atoms with Crippen LogP contribution < -0.4 is 10.5 Å². The molecule has 0 aromatic heterocycles. The van der Waals surface area contributed by atoms with Gasteiger partial charge in [-0.1, -0.05) is 15.9 Å². The molecule has 7 heteroatoms. The lowest BCUT2D eigenvalue weighted by Crippen LogP contribution is -2.18. The Morgan fingerprint density at radius 1 is 1.41 bits per heavy atom. The highest BCUT2D eigenvalue weighted by atomic mass is 79.9. The molecule has 0 unspecified atom stereocenters. The zero-order chi connectivity index (χ0) is 13.1. The number of hydrogen-bond donors (Lipinski definition) is 1. The van der Waals surface area contributed by atoms with Crippen LogP contribution in [-0.4, -0.2) is 17.5 Å². The number of nitrogens with two attached hydrogens (primary N) is 1. The average Bonchev–Trinajstić information content (AvgIpc) is 2.19. The van der Waals surface area contributed by atoms with Crippen molar-refractivity contribution in [1.82, 2.24) is 0 Å². The van der Waals surface area contributed by atoms with E-state index in [1.54, 1.807) is 0 Å². The SMILES string of the molecule is Nc1ccc(C(=O)CCBr)cc1OC(F)(F)F. The van der Waals surface area contributed by atoms with Crippen LogP contribution in [0.15, 0.2) is 18.2 Å². The summed E-state index contributed by atoms with van der Waals surface area (Å²) < 4.78 is 39.8. The number of ketones is 1. The summed E-state index contributed by atoms with van der Waals surface area (Å²) in [6.45, 7) is 0. The zero-order valence-corrected chi connectivity index (χ0v) is 10.1. The Hall–Kier alpha value is -1.24. The molecular weight excluding hydrogens is 303 g/mol. The van der Waals surface area contributed by atoms with Crippen LogP contribution in [0.1, 0.15) is 16.8 Å². The fourth-order valence-corrected chi connectivity index (χ4v) is 1.51. The van der Waals surface area contributed by atoms with E-state index < -0.39 is 12.1 Å². The molecule has 0 bridgehead atoms. The molecule has 0 radical (unpaired) electrons. The third-order valence-electron chi connectivity index (χ3n) is 1.88. The standard InChI is InChI=1S/C10H9BrF3NO2/c11-4-3-8(16)6-1-2-7(15)9(5-6)17-10(12,13)14/h1-2,5H,3-4,15H2. The summed E-state index contributed by atoms with van der Waals surface area (Å²) in [5, 5.41) is 0.436. The lowest BCUT2D eigenvalue weighted by atomic mass is 10.1. The number of rotatable bonds is 4. The Kier molecular flexibility index (Phi) is 4.39. The second kappa shape index (κ2) is 5.39. The smallest absolute Gasteiger partial charge is 0.404 e. The van der Waals surface area contributed by atoms with E-state index in [4.69, 9.17) is 5.73 Å². The van der Waals surface area contributed by atoms with Gasteiger partial charge in [0.25, 0.3) is 0 Å². The Morgan fingerprint density at radius 3 is 2.59 bits per heavy atom. The molecule has 17 heavy (non-hydrogen) atoms. The third kappa shape index (κ3) is 4.26. The predicted octanol–water partition coefficient (Wildman–Crippen LogP) is 3.14. The largest absolute Gasteiger partial charge is 0.573 e. The molecule has 0 aliphatic rings. The highest BCUT2D eigenvalue weighted by Crippen LogP contribution is 2.29. The van der Waals surface area contributed by atoms with E-state index in [2.05, 4.69) is 20.7 Å². The minimum atomic E-state index is -4.83. The summed E-state index contributed by atoms with van der Waals surface area (Å²) in [5.41, 5.74) is 5.29. The molecule has 0 amide bonds. The van der Waals surface area contributed by atoms with Gasteiger partial charge in [-0.3, -0.25) is 4.79 Å². The van der Waals surface area contributed by atoms with E-state index in [1.165, 1.54) is 12.1 Å². The number of benzene rings is 1. The van der Waals surface area contributed by atoms with E-state index in [1.807, 2.05) is 0 Å². The molecule has 0 heterocycles. The minimum absolute atomic E-state index is 0.137. The average molecular weight is 312 g/mol. The van der Waals surface area contributed by atoms with E-state index in [0.717, 1.165) is 6.07 Å². The number of carbonyl (C=O) groups excluding carboxylic acids is 1. The van der Waals surface area contributed by atoms with Gasteiger partial charge in [0.1, 0.15) is 0 Å². The first kappa shape index (κ1) is 13.8. The molecule has 1 aromatic carbocycles. The summed E-state index contributed by atoms with van der Waals surface area (Å²) >= 11 is 3.07. The normalized spacial score (nSPS) is 11.3. The van der Waals surface area contributed by atoms with Crippen LogP contribution >= 0.6 is 15.9 Å². The molecular formula is C10H9BrF3NO2. The molecule has 1 rings (SSSR count). The maximum atomic E-state index is 12.0. The van der Waals surface area contributed by atoms with Crippen LogP contribution in [0.25, 0.3) is 0 Å². The molecule has 0 saturated carbocycles. The van der Waals surface area contributed by atoms with E-state index in [-0.39, 0.29) is 23.5 Å². The van der Waals surface area contributed by atoms with Crippen molar-refractivity contribution in [2.75, 3.05) is 11.1 Å². The quantitative estimate of drug-likeness (QED) is 0.528. The van der Waals surface area contributed by atoms with Gasteiger partial charge >= 0.3 is 6.36 Å². The van der Waals surface area contributed by atoms with Crippen LogP contribution in [0.4, 0.5) is 18.9 Å². The first-order valence-electron chi connectivity index (χ1n) is 4.58. The Bertz CT molecular complexity index is 421. The highest BCUT2D eigenvalue weighted by Gasteiger charge is 2.32. The number of ether oxygens (including phenoxy) is 1. The molecule has 94 valence electrons. The number of halogens is 4. The molecule has 0 atom stereocenters. The van der Waals surface area contributed by atoms with Gasteiger partial charge in [-0.25, -0.2) is 0 Å². The lowest BCUT2D eigenvalue weighted by molar-refractivity contribution is -0.274. The number of carbonyl (C=O) groups is 1. The molecule has 0 fully saturated rings. The summed E-state index contributed by atoms with van der Waals surface area (Å²) in [6.07, 6.45) is -4.64. The van der Waals surface area contributed by atoms with E-state index >= 15 is 0 Å². The van der Waals surface area contributed by atoms with Crippen molar-refractivity contribution in [2.45, 2.75) is 12.8 Å². The molecule has 1 aromatic rings. The first-order valence-corrected chi connectivity index (χ1v) is 5.70. The van der Waals surface area contributed by atoms with Gasteiger partial charge in [-0.2, -0.15) is 0 Å². The second-order valence-electron chi connectivity index (χ2n) is 3.16. The van der Waals surface area contributed by atoms with Crippen molar-refractivity contribution in [2.24, 2.45) is 0 Å². The van der Waals surface area contributed by atoms with E-state index in [9.17, 15) is 18.0 Å². The van der Waals surface area contributed by atoms with Crippen molar-refractivity contribution >= 4 is 27.4 Å². The van der Waals surface area contributed by atoms with Gasteiger partial charge in [0.15, 0.2) is 11.5 Å². The maximum absolute atomic E-state index is 12.0. The van der Waals surface area contributed by atoms with Crippen molar-refractivity contribution in [1.29, 1.82) is 0 Å². The number of Topliss-reactive ketones (excluding diaryl/α,β-unsaturated/α-hetero) is 1.